The second kappa shape index (κ2) is 8.82. The van der Waals surface area contributed by atoms with Crippen LogP contribution in [0.2, 0.25) is 0 Å². The molecule has 1 aliphatic heterocycles. The summed E-state index contributed by atoms with van der Waals surface area (Å²) >= 11 is 0. The first-order chi connectivity index (χ1) is 17.3. The Bertz CT molecular complexity index is 1530. The second-order valence-corrected chi connectivity index (χ2v) is 8.80. The Hall–Kier alpha value is -4.28. The number of benzene rings is 2. The number of rotatable bonds is 5. The zero-order valence-electron chi connectivity index (χ0n) is 19.0. The predicted molar refractivity (Wildman–Crippen MR) is 131 cm³/mol. The largest absolute Gasteiger partial charge is 0.479 e. The van der Waals surface area contributed by atoms with Crippen molar-refractivity contribution in [2.24, 2.45) is 0 Å². The van der Waals surface area contributed by atoms with E-state index in [1.807, 2.05) is 59.0 Å². The fourth-order valence-corrected chi connectivity index (χ4v) is 4.81. The van der Waals surface area contributed by atoms with Crippen molar-refractivity contribution in [3.05, 3.63) is 102 Å². The van der Waals surface area contributed by atoms with Crippen molar-refractivity contribution in [2.75, 3.05) is 13.2 Å². The van der Waals surface area contributed by atoms with Gasteiger partial charge in [0.05, 0.1) is 22.7 Å². The van der Waals surface area contributed by atoms with E-state index >= 15 is 0 Å². The minimum absolute atomic E-state index is 0.416. The van der Waals surface area contributed by atoms with Gasteiger partial charge in [0.25, 0.3) is 0 Å². The first kappa shape index (κ1) is 21.3. The van der Waals surface area contributed by atoms with Gasteiger partial charge in [-0.05, 0) is 77.9 Å². The third-order valence-electron chi connectivity index (χ3n) is 6.76. The number of ether oxygens (including phenoxy) is 2. The summed E-state index contributed by atoms with van der Waals surface area (Å²) in [6.45, 7) is 1.18. The van der Waals surface area contributed by atoms with Crippen molar-refractivity contribution in [3.63, 3.8) is 0 Å². The molecular weight excluding hydrogens is 438 g/mol. The molecule has 35 heavy (non-hydrogen) atoms. The average molecular weight is 462 g/mol. The van der Waals surface area contributed by atoms with Crippen LogP contribution in [0, 0.1) is 11.3 Å². The summed E-state index contributed by atoms with van der Waals surface area (Å²) in [5, 5.41) is 19.2. The number of hydrogen-bond acceptors (Lipinski definition) is 6. The maximum absolute atomic E-state index is 10.0. The monoisotopic (exact) mass is 461 g/mol. The Labute approximate surface area is 202 Å². The topological polar surface area (TPSA) is 85.3 Å². The van der Waals surface area contributed by atoms with E-state index in [1.54, 1.807) is 12.5 Å². The molecule has 1 saturated heterocycles. The molecule has 7 heteroatoms. The van der Waals surface area contributed by atoms with Gasteiger partial charge in [0, 0.05) is 19.4 Å². The van der Waals surface area contributed by atoms with E-state index in [0.717, 1.165) is 33.4 Å². The molecule has 0 N–H and O–H groups in total. The fraction of sp³-hybridized carbons (Fsp3) is 0.214. The van der Waals surface area contributed by atoms with E-state index < -0.39 is 11.5 Å². The van der Waals surface area contributed by atoms with Crippen molar-refractivity contribution < 1.29 is 9.47 Å². The molecular formula is C28H23N5O2. The first-order valence-electron chi connectivity index (χ1n) is 11.7. The van der Waals surface area contributed by atoms with Gasteiger partial charge in [0.2, 0.25) is 0 Å². The van der Waals surface area contributed by atoms with Gasteiger partial charge in [-0.2, -0.15) is 5.26 Å². The number of pyridine rings is 2. The van der Waals surface area contributed by atoms with E-state index in [0.29, 0.717) is 31.8 Å². The number of nitriles is 1. The maximum atomic E-state index is 10.0. The highest BCUT2D eigenvalue weighted by Gasteiger charge is 2.35. The molecule has 4 heterocycles. The van der Waals surface area contributed by atoms with Crippen LogP contribution in [0.3, 0.4) is 0 Å². The van der Waals surface area contributed by atoms with E-state index in [1.165, 1.54) is 0 Å². The molecule has 5 aromatic rings. The number of aromatic nitrogens is 4. The van der Waals surface area contributed by atoms with Crippen LogP contribution >= 0.6 is 0 Å². The molecule has 0 saturated carbocycles. The van der Waals surface area contributed by atoms with Gasteiger partial charge in [-0.25, -0.2) is 0 Å². The summed E-state index contributed by atoms with van der Waals surface area (Å²) in [6.07, 6.45) is 4.44. The molecule has 172 valence electrons. The average Bonchev–Trinajstić information content (AvgIpc) is 3.42. The SMILES string of the molecule is N#CC1(c2cccc(OC(c3ccc4c(ccc5nncn54)c3)c3ccccn3)c2)CCOCC1. The third kappa shape index (κ3) is 3.88. The van der Waals surface area contributed by atoms with Crippen molar-refractivity contribution in [1.29, 1.82) is 5.26 Å². The van der Waals surface area contributed by atoms with E-state index in [2.05, 4.69) is 39.4 Å². The Morgan fingerprint density at radius 1 is 1.00 bits per heavy atom. The zero-order chi connectivity index (χ0) is 23.7. The summed E-state index contributed by atoms with van der Waals surface area (Å²) in [7, 11) is 0. The minimum atomic E-state index is -0.550. The Morgan fingerprint density at radius 2 is 1.91 bits per heavy atom. The summed E-state index contributed by atoms with van der Waals surface area (Å²) < 4.78 is 14.1. The summed E-state index contributed by atoms with van der Waals surface area (Å²) in [6, 6.07) is 26.5. The van der Waals surface area contributed by atoms with E-state index in [-0.39, 0.29) is 0 Å². The molecule has 0 amide bonds. The lowest BCUT2D eigenvalue weighted by molar-refractivity contribution is 0.0674. The molecule has 7 nitrogen and oxygen atoms in total. The van der Waals surface area contributed by atoms with Crippen molar-refractivity contribution in [3.8, 4) is 11.8 Å². The summed E-state index contributed by atoms with van der Waals surface area (Å²) in [4.78, 5) is 4.60. The lowest BCUT2D eigenvalue weighted by Crippen LogP contribution is -2.32. The highest BCUT2D eigenvalue weighted by atomic mass is 16.5. The van der Waals surface area contributed by atoms with Gasteiger partial charge < -0.3 is 9.47 Å². The van der Waals surface area contributed by atoms with E-state index in [9.17, 15) is 5.26 Å². The molecule has 0 aliphatic carbocycles. The maximum Gasteiger partial charge on any atom is 0.166 e. The lowest BCUT2D eigenvalue weighted by atomic mass is 9.75. The normalized spacial score (nSPS) is 16.1. The Kier molecular flexibility index (Phi) is 5.36. The van der Waals surface area contributed by atoms with Crippen molar-refractivity contribution in [1.82, 2.24) is 19.6 Å². The quantitative estimate of drug-likeness (QED) is 0.365. The van der Waals surface area contributed by atoms with Crippen LogP contribution < -0.4 is 4.74 Å². The van der Waals surface area contributed by atoms with Crippen molar-refractivity contribution in [2.45, 2.75) is 24.4 Å². The fourth-order valence-electron chi connectivity index (χ4n) is 4.81. The van der Waals surface area contributed by atoms with Crippen LogP contribution in [0.5, 0.6) is 5.75 Å². The Morgan fingerprint density at radius 3 is 2.74 bits per heavy atom. The van der Waals surface area contributed by atoms with Crippen LogP contribution in [-0.2, 0) is 10.2 Å². The molecule has 0 spiro atoms. The number of nitrogens with zero attached hydrogens (tertiary/aromatic N) is 5. The second-order valence-electron chi connectivity index (χ2n) is 8.80. The first-order valence-corrected chi connectivity index (χ1v) is 11.7. The smallest absolute Gasteiger partial charge is 0.166 e. The minimum Gasteiger partial charge on any atom is -0.479 e. The van der Waals surface area contributed by atoms with Gasteiger partial charge in [0.1, 0.15) is 12.1 Å². The standard InChI is InChI=1S/C28H23N5O2/c29-18-28(11-14-34-15-12-28)22-4-3-5-23(17-22)35-27(24-6-1-2-13-30-24)21-7-9-25-20(16-21)8-10-26-32-31-19-33(25)26/h1-10,13,16-17,19,27H,11-12,14-15H2. The van der Waals surface area contributed by atoms with Crippen LogP contribution in [0.25, 0.3) is 16.6 Å². The summed E-state index contributed by atoms with van der Waals surface area (Å²) in [5.41, 5.74) is 4.03. The van der Waals surface area contributed by atoms with Gasteiger partial charge >= 0.3 is 0 Å². The van der Waals surface area contributed by atoms with Gasteiger partial charge in [-0.15, -0.1) is 10.2 Å². The van der Waals surface area contributed by atoms with Crippen LogP contribution in [0.1, 0.15) is 35.8 Å². The highest BCUT2D eigenvalue weighted by molar-refractivity contribution is 5.82. The zero-order valence-corrected chi connectivity index (χ0v) is 19.0. The third-order valence-corrected chi connectivity index (χ3v) is 6.76. The Balaban J connectivity index is 1.40. The van der Waals surface area contributed by atoms with Gasteiger partial charge in [-0.3, -0.25) is 9.38 Å². The van der Waals surface area contributed by atoms with Crippen LogP contribution in [0.4, 0.5) is 0 Å². The molecule has 0 radical (unpaired) electrons. The molecule has 0 bridgehead atoms. The molecule has 3 aromatic heterocycles. The van der Waals surface area contributed by atoms with E-state index in [4.69, 9.17) is 9.47 Å². The molecule has 1 aliphatic rings. The van der Waals surface area contributed by atoms with Crippen LogP contribution in [0.15, 0.2) is 85.3 Å². The number of fused-ring (bicyclic) bond motifs is 3. The lowest BCUT2D eigenvalue weighted by Gasteiger charge is -2.31. The van der Waals surface area contributed by atoms with Gasteiger partial charge in [-0.1, -0.05) is 24.3 Å². The van der Waals surface area contributed by atoms with Crippen molar-refractivity contribution >= 4 is 16.6 Å². The number of hydrogen-bond donors (Lipinski definition) is 0. The predicted octanol–water partition coefficient (Wildman–Crippen LogP) is 5.02. The molecule has 6 rings (SSSR count). The molecule has 1 fully saturated rings. The van der Waals surface area contributed by atoms with Gasteiger partial charge in [0.15, 0.2) is 11.8 Å². The molecule has 1 atom stereocenters. The van der Waals surface area contributed by atoms with Crippen LogP contribution in [-0.4, -0.2) is 32.8 Å². The highest BCUT2D eigenvalue weighted by Crippen LogP contribution is 2.37. The molecule has 2 aromatic carbocycles. The molecule has 1 unspecified atom stereocenters. The summed E-state index contributed by atoms with van der Waals surface area (Å²) in [5.74, 6) is 0.702.